The van der Waals surface area contributed by atoms with E-state index in [0.717, 1.165) is 0 Å². The van der Waals surface area contributed by atoms with E-state index in [-0.39, 0.29) is 5.69 Å². The number of hydrogen-bond donors (Lipinski definition) is 2. The van der Waals surface area contributed by atoms with Crippen LogP contribution < -0.4 is 0 Å². The summed E-state index contributed by atoms with van der Waals surface area (Å²) in [6, 6.07) is 13.6. The van der Waals surface area contributed by atoms with Crippen LogP contribution in [0.4, 0.5) is 17.6 Å². The first-order chi connectivity index (χ1) is 14.4. The Bertz CT molecular complexity index is 1080. The number of aliphatic hydroxyl groups is 1. The molecule has 0 fully saturated rings. The summed E-state index contributed by atoms with van der Waals surface area (Å²) in [7, 11) is 0. The summed E-state index contributed by atoms with van der Waals surface area (Å²) < 4.78 is 55.3. The summed E-state index contributed by atoms with van der Waals surface area (Å²) in [5.41, 5.74) is -2.62. The van der Waals surface area contributed by atoms with Gasteiger partial charge in [0.05, 0.1) is 11.6 Å². The van der Waals surface area contributed by atoms with Crippen molar-refractivity contribution in [1.82, 2.24) is 4.98 Å². The predicted octanol–water partition coefficient (Wildman–Crippen LogP) is 6.41. The second-order valence-electron chi connectivity index (χ2n) is 7.99. The lowest BCUT2D eigenvalue weighted by atomic mass is 9.73. The van der Waals surface area contributed by atoms with Gasteiger partial charge in [-0.1, -0.05) is 39.8 Å². The van der Waals surface area contributed by atoms with E-state index in [9.17, 15) is 22.7 Å². The maximum Gasteiger partial charge on any atom is 0.417 e. The van der Waals surface area contributed by atoms with E-state index in [1.54, 1.807) is 38.1 Å². The Morgan fingerprint density at radius 3 is 2.29 bits per heavy atom. The van der Waals surface area contributed by atoms with Gasteiger partial charge in [0.15, 0.2) is 5.60 Å². The zero-order chi connectivity index (χ0) is 23.4. The molecule has 1 unspecified atom stereocenters. The van der Waals surface area contributed by atoms with E-state index in [0.29, 0.717) is 22.0 Å². The Hall–Kier alpha value is -2.85. The van der Waals surface area contributed by atoms with Crippen LogP contribution >= 0.6 is 0 Å². The van der Waals surface area contributed by atoms with Gasteiger partial charge < -0.3 is 10.1 Å². The lowest BCUT2D eigenvalue weighted by Crippen LogP contribution is -2.50. The summed E-state index contributed by atoms with van der Waals surface area (Å²) >= 11 is 0. The van der Waals surface area contributed by atoms with Crippen LogP contribution in [-0.4, -0.2) is 21.9 Å². The minimum absolute atomic E-state index is 0.199. The van der Waals surface area contributed by atoms with Gasteiger partial charge in [0, 0.05) is 23.0 Å². The molecule has 0 saturated heterocycles. The summed E-state index contributed by atoms with van der Waals surface area (Å²) in [4.78, 5) is 2.88. The van der Waals surface area contributed by atoms with Gasteiger partial charge in [0.1, 0.15) is 5.82 Å². The van der Waals surface area contributed by atoms with Gasteiger partial charge in [-0.15, -0.1) is 0 Å². The number of aromatic amines is 1. The first-order valence-corrected chi connectivity index (χ1v) is 10.0. The highest BCUT2D eigenvalue weighted by Gasteiger charge is 2.56. The molecule has 3 aromatic rings. The van der Waals surface area contributed by atoms with Crippen LogP contribution in [0.3, 0.4) is 0 Å². The highest BCUT2D eigenvalue weighted by Crippen LogP contribution is 2.43. The van der Waals surface area contributed by atoms with Crippen molar-refractivity contribution in [2.24, 2.45) is 0 Å². The fourth-order valence-electron chi connectivity index (χ4n) is 3.68. The fourth-order valence-corrected chi connectivity index (χ4v) is 3.68. The van der Waals surface area contributed by atoms with Crippen LogP contribution in [0, 0.1) is 17.1 Å². The number of halogens is 4. The normalized spacial score (nSPS) is 13.8. The first kappa shape index (κ1) is 24.4. The number of nitrogens with one attached hydrogen (secondary N) is 1. The molecule has 1 aromatic heterocycles. The minimum Gasteiger partial charge on any atom is -0.380 e. The molecule has 1 heterocycles. The van der Waals surface area contributed by atoms with Gasteiger partial charge in [-0.05, 0) is 53.8 Å². The average Bonchev–Trinajstić information content (AvgIpc) is 3.09. The Kier molecular flexibility index (Phi) is 7.17. The molecular weight excluding hydrogens is 408 g/mol. The van der Waals surface area contributed by atoms with Crippen LogP contribution in [0.15, 0.2) is 48.5 Å². The number of nitrogens with zero attached hydrogens (tertiary/aromatic N) is 1. The van der Waals surface area contributed by atoms with E-state index in [1.807, 2.05) is 19.9 Å². The Balaban J connectivity index is 0.00000166. The van der Waals surface area contributed by atoms with Crippen molar-refractivity contribution in [3.8, 4) is 6.07 Å². The summed E-state index contributed by atoms with van der Waals surface area (Å²) in [5, 5.41) is 20.3. The van der Waals surface area contributed by atoms with Crippen LogP contribution in [-0.2, 0) is 11.8 Å². The highest BCUT2D eigenvalue weighted by atomic mass is 19.4. The average molecular weight is 434 g/mol. The molecule has 2 N–H and O–H groups in total. The number of rotatable bonds is 5. The molecule has 0 aliphatic heterocycles. The molecule has 0 bridgehead atoms. The Morgan fingerprint density at radius 2 is 1.71 bits per heavy atom. The number of aromatic nitrogens is 1. The monoisotopic (exact) mass is 434 g/mol. The molecule has 0 spiro atoms. The van der Waals surface area contributed by atoms with Crippen LogP contribution in [0.1, 0.15) is 50.9 Å². The molecule has 0 amide bonds. The standard InChI is InChI=1S/C22H20F4N2O.C2H6/c1-20(2,16-4-3-5-17(23)10-16)13-21(29,22(24,25)26)11-18-9-15-8-14(12-27)6-7-19(15)28-18;1-2/h3-10,28-29H,11,13H2,1-2H3;1-2H3. The Morgan fingerprint density at radius 1 is 1.03 bits per heavy atom. The molecule has 0 aliphatic rings. The topological polar surface area (TPSA) is 59.8 Å². The lowest BCUT2D eigenvalue weighted by Gasteiger charge is -2.38. The minimum atomic E-state index is -4.90. The van der Waals surface area contributed by atoms with E-state index >= 15 is 0 Å². The third-order valence-corrected chi connectivity index (χ3v) is 5.16. The third-order valence-electron chi connectivity index (χ3n) is 5.16. The van der Waals surface area contributed by atoms with Crippen LogP contribution in [0.5, 0.6) is 0 Å². The number of benzene rings is 2. The number of alkyl halides is 3. The zero-order valence-corrected chi connectivity index (χ0v) is 17.9. The lowest BCUT2D eigenvalue weighted by molar-refractivity contribution is -0.266. The van der Waals surface area contributed by atoms with E-state index in [2.05, 4.69) is 4.98 Å². The molecule has 3 nitrogen and oxygen atoms in total. The smallest absolute Gasteiger partial charge is 0.380 e. The van der Waals surface area contributed by atoms with E-state index < -0.39 is 35.9 Å². The summed E-state index contributed by atoms with van der Waals surface area (Å²) in [6.07, 6.45) is -6.23. The molecule has 0 aliphatic carbocycles. The van der Waals surface area contributed by atoms with Crippen molar-refractivity contribution in [1.29, 1.82) is 5.26 Å². The molecule has 3 rings (SSSR count). The van der Waals surface area contributed by atoms with Crippen LogP contribution in [0.25, 0.3) is 10.9 Å². The molecule has 0 saturated carbocycles. The SMILES string of the molecule is CC.CC(C)(CC(O)(Cc1cc2cc(C#N)ccc2[nH]1)C(F)(F)F)c1cccc(F)c1. The quantitative estimate of drug-likeness (QED) is 0.456. The second kappa shape index (κ2) is 9.11. The van der Waals surface area contributed by atoms with E-state index in [4.69, 9.17) is 5.26 Å². The fraction of sp³-hybridized carbons (Fsp3) is 0.375. The van der Waals surface area contributed by atoms with Crippen LogP contribution in [0.2, 0.25) is 0 Å². The second-order valence-corrected chi connectivity index (χ2v) is 7.99. The van der Waals surface area contributed by atoms with E-state index in [1.165, 1.54) is 24.3 Å². The molecule has 2 aromatic carbocycles. The molecule has 31 heavy (non-hydrogen) atoms. The third kappa shape index (κ3) is 5.45. The van der Waals surface area contributed by atoms with Crippen molar-refractivity contribution in [2.45, 2.75) is 57.7 Å². The Labute approximate surface area is 179 Å². The van der Waals surface area contributed by atoms with Gasteiger partial charge in [-0.3, -0.25) is 0 Å². The van der Waals surface area contributed by atoms with Gasteiger partial charge in [-0.2, -0.15) is 18.4 Å². The summed E-state index contributed by atoms with van der Waals surface area (Å²) in [5.74, 6) is -0.546. The molecule has 7 heteroatoms. The molecule has 166 valence electrons. The number of H-pyrrole nitrogens is 1. The van der Waals surface area contributed by atoms with Crippen molar-refractivity contribution in [3.05, 3.63) is 71.2 Å². The number of hydrogen-bond acceptors (Lipinski definition) is 2. The van der Waals surface area contributed by atoms with Crippen molar-refractivity contribution in [3.63, 3.8) is 0 Å². The maximum atomic E-state index is 13.9. The highest BCUT2D eigenvalue weighted by molar-refractivity contribution is 5.81. The van der Waals surface area contributed by atoms with Crippen molar-refractivity contribution in [2.75, 3.05) is 0 Å². The molecular formula is C24H26F4N2O. The molecule has 0 radical (unpaired) electrons. The van der Waals surface area contributed by atoms with Gasteiger partial charge in [0.25, 0.3) is 0 Å². The first-order valence-electron chi connectivity index (χ1n) is 10.0. The summed E-state index contributed by atoms with van der Waals surface area (Å²) in [6.45, 7) is 7.09. The largest absolute Gasteiger partial charge is 0.417 e. The van der Waals surface area contributed by atoms with Gasteiger partial charge in [0.2, 0.25) is 0 Å². The predicted molar refractivity (Wildman–Crippen MR) is 113 cm³/mol. The number of nitriles is 1. The number of fused-ring (bicyclic) bond motifs is 1. The molecule has 1 atom stereocenters. The van der Waals surface area contributed by atoms with Crippen molar-refractivity contribution >= 4 is 10.9 Å². The maximum absolute atomic E-state index is 13.9. The van der Waals surface area contributed by atoms with Gasteiger partial charge in [-0.25, -0.2) is 4.39 Å². The van der Waals surface area contributed by atoms with Gasteiger partial charge >= 0.3 is 6.18 Å². The zero-order valence-electron chi connectivity index (χ0n) is 17.9. The van der Waals surface area contributed by atoms with Crippen molar-refractivity contribution < 1.29 is 22.7 Å².